The highest BCUT2D eigenvalue weighted by molar-refractivity contribution is 4.76. The van der Waals surface area contributed by atoms with Gasteiger partial charge in [0, 0.05) is 0 Å². The van der Waals surface area contributed by atoms with E-state index in [9.17, 15) is 0 Å². The predicted molar refractivity (Wildman–Crippen MR) is 63.4 cm³/mol. The van der Waals surface area contributed by atoms with E-state index >= 15 is 0 Å². The zero-order chi connectivity index (χ0) is 10.4. The molecule has 1 saturated carbocycles. The summed E-state index contributed by atoms with van der Waals surface area (Å²) in [5, 5.41) is 3.64. The van der Waals surface area contributed by atoms with Gasteiger partial charge in [-0.25, -0.2) is 0 Å². The van der Waals surface area contributed by atoms with Crippen LogP contribution in [-0.4, -0.2) is 13.1 Å². The summed E-state index contributed by atoms with van der Waals surface area (Å²) in [6.45, 7) is 9.52. The molecule has 0 aromatic heterocycles. The maximum Gasteiger partial charge on any atom is -0.00179 e. The van der Waals surface area contributed by atoms with Gasteiger partial charge in [-0.2, -0.15) is 0 Å². The summed E-state index contributed by atoms with van der Waals surface area (Å²) in [5.74, 6) is 2.78. The molecule has 1 fully saturated rings. The molecule has 0 amide bonds. The molecule has 0 aromatic rings. The van der Waals surface area contributed by atoms with Crippen LogP contribution < -0.4 is 5.32 Å². The first kappa shape index (κ1) is 12.0. The van der Waals surface area contributed by atoms with Gasteiger partial charge in [-0.3, -0.25) is 0 Å². The van der Waals surface area contributed by atoms with Crippen LogP contribution in [0.25, 0.3) is 0 Å². The molecule has 0 heterocycles. The molecule has 84 valence electrons. The van der Waals surface area contributed by atoms with Crippen LogP contribution in [0.4, 0.5) is 0 Å². The summed E-state index contributed by atoms with van der Waals surface area (Å²) in [7, 11) is 0. The summed E-state index contributed by atoms with van der Waals surface area (Å²) in [6, 6.07) is 0. The lowest BCUT2D eigenvalue weighted by Crippen LogP contribution is -2.28. The third kappa shape index (κ3) is 4.00. The predicted octanol–water partition coefficient (Wildman–Crippen LogP) is 3.45. The summed E-state index contributed by atoms with van der Waals surface area (Å²) >= 11 is 0. The van der Waals surface area contributed by atoms with Crippen LogP contribution in [0.1, 0.15) is 52.9 Å². The van der Waals surface area contributed by atoms with Crippen LogP contribution in [0.15, 0.2) is 0 Å². The fourth-order valence-electron chi connectivity index (χ4n) is 2.64. The minimum absolute atomic E-state index is 0.858. The van der Waals surface area contributed by atoms with Crippen molar-refractivity contribution in [2.24, 2.45) is 17.8 Å². The van der Waals surface area contributed by atoms with E-state index < -0.39 is 0 Å². The smallest absolute Gasteiger partial charge is 0.00179 e. The van der Waals surface area contributed by atoms with E-state index in [0.717, 1.165) is 17.8 Å². The average molecular weight is 197 g/mol. The second-order valence-electron chi connectivity index (χ2n) is 5.22. The van der Waals surface area contributed by atoms with Crippen LogP contribution in [0.5, 0.6) is 0 Å². The maximum atomic E-state index is 3.64. The van der Waals surface area contributed by atoms with Gasteiger partial charge in [-0.1, -0.05) is 40.0 Å². The SMILES string of the molecule is CCCC(C)CNCC1CCCC1C. The standard InChI is InChI=1S/C13H27N/c1-4-6-11(2)9-14-10-13-8-5-7-12(13)3/h11-14H,4-10H2,1-3H3. The van der Waals surface area contributed by atoms with E-state index in [4.69, 9.17) is 0 Å². The largest absolute Gasteiger partial charge is 0.316 e. The number of hydrogen-bond donors (Lipinski definition) is 1. The molecule has 1 nitrogen and oxygen atoms in total. The minimum atomic E-state index is 0.858. The van der Waals surface area contributed by atoms with Gasteiger partial charge in [-0.15, -0.1) is 0 Å². The minimum Gasteiger partial charge on any atom is -0.316 e. The lowest BCUT2D eigenvalue weighted by Gasteiger charge is -2.18. The van der Waals surface area contributed by atoms with Crippen LogP contribution in [0.2, 0.25) is 0 Å². The summed E-state index contributed by atoms with van der Waals surface area (Å²) < 4.78 is 0. The zero-order valence-electron chi connectivity index (χ0n) is 10.2. The molecule has 0 aromatic carbocycles. The van der Waals surface area contributed by atoms with Crippen LogP contribution >= 0.6 is 0 Å². The Morgan fingerprint density at radius 2 is 2.14 bits per heavy atom. The van der Waals surface area contributed by atoms with Crippen molar-refractivity contribution in [2.75, 3.05) is 13.1 Å². The third-order valence-corrected chi connectivity index (χ3v) is 3.72. The average Bonchev–Trinajstić information content (AvgIpc) is 2.52. The fraction of sp³-hybridized carbons (Fsp3) is 1.00. The fourth-order valence-corrected chi connectivity index (χ4v) is 2.64. The molecule has 0 saturated heterocycles. The molecule has 1 aliphatic rings. The first-order valence-corrected chi connectivity index (χ1v) is 6.44. The van der Waals surface area contributed by atoms with E-state index in [-0.39, 0.29) is 0 Å². The zero-order valence-corrected chi connectivity index (χ0v) is 10.2. The molecule has 1 aliphatic carbocycles. The monoisotopic (exact) mass is 197 g/mol. The Labute approximate surface area is 89.7 Å². The van der Waals surface area contributed by atoms with Gasteiger partial charge in [0.25, 0.3) is 0 Å². The quantitative estimate of drug-likeness (QED) is 0.687. The summed E-state index contributed by atoms with van der Waals surface area (Å²) in [5.41, 5.74) is 0. The van der Waals surface area contributed by atoms with Gasteiger partial charge in [-0.05, 0) is 43.7 Å². The molecular weight excluding hydrogens is 170 g/mol. The molecule has 14 heavy (non-hydrogen) atoms. The van der Waals surface area contributed by atoms with Gasteiger partial charge in [0.05, 0.1) is 0 Å². The Bertz CT molecular complexity index is 144. The first-order valence-electron chi connectivity index (χ1n) is 6.44. The van der Waals surface area contributed by atoms with Crippen molar-refractivity contribution in [3.8, 4) is 0 Å². The molecule has 3 atom stereocenters. The van der Waals surface area contributed by atoms with Crippen molar-refractivity contribution < 1.29 is 0 Å². The molecule has 0 spiro atoms. The second kappa shape index (κ2) is 6.44. The first-order chi connectivity index (χ1) is 6.74. The highest BCUT2D eigenvalue weighted by Crippen LogP contribution is 2.30. The van der Waals surface area contributed by atoms with E-state index in [1.165, 1.54) is 45.2 Å². The van der Waals surface area contributed by atoms with Crippen molar-refractivity contribution in [2.45, 2.75) is 52.9 Å². The van der Waals surface area contributed by atoms with E-state index in [1.54, 1.807) is 0 Å². The van der Waals surface area contributed by atoms with Gasteiger partial charge in [0.2, 0.25) is 0 Å². The number of nitrogens with one attached hydrogen (secondary N) is 1. The molecule has 3 unspecified atom stereocenters. The second-order valence-corrected chi connectivity index (χ2v) is 5.22. The Morgan fingerprint density at radius 3 is 2.71 bits per heavy atom. The van der Waals surface area contributed by atoms with Gasteiger partial charge >= 0.3 is 0 Å². The van der Waals surface area contributed by atoms with Gasteiger partial charge in [0.1, 0.15) is 0 Å². The highest BCUT2D eigenvalue weighted by Gasteiger charge is 2.22. The van der Waals surface area contributed by atoms with Gasteiger partial charge in [0.15, 0.2) is 0 Å². The normalized spacial score (nSPS) is 29.4. The van der Waals surface area contributed by atoms with Crippen molar-refractivity contribution in [1.82, 2.24) is 5.32 Å². The van der Waals surface area contributed by atoms with E-state index in [0.29, 0.717) is 0 Å². The van der Waals surface area contributed by atoms with Crippen molar-refractivity contribution in [1.29, 1.82) is 0 Å². The third-order valence-electron chi connectivity index (χ3n) is 3.72. The highest BCUT2D eigenvalue weighted by atomic mass is 14.9. The van der Waals surface area contributed by atoms with Crippen LogP contribution in [0.3, 0.4) is 0 Å². The Hall–Kier alpha value is -0.0400. The van der Waals surface area contributed by atoms with Crippen molar-refractivity contribution >= 4 is 0 Å². The van der Waals surface area contributed by atoms with Crippen molar-refractivity contribution in [3.63, 3.8) is 0 Å². The van der Waals surface area contributed by atoms with E-state index in [2.05, 4.69) is 26.1 Å². The molecule has 1 rings (SSSR count). The lowest BCUT2D eigenvalue weighted by molar-refractivity contribution is 0.372. The van der Waals surface area contributed by atoms with Gasteiger partial charge < -0.3 is 5.32 Å². The van der Waals surface area contributed by atoms with Crippen LogP contribution in [-0.2, 0) is 0 Å². The molecule has 1 N–H and O–H groups in total. The topological polar surface area (TPSA) is 12.0 Å². The van der Waals surface area contributed by atoms with Crippen molar-refractivity contribution in [3.05, 3.63) is 0 Å². The van der Waals surface area contributed by atoms with Crippen LogP contribution in [0, 0.1) is 17.8 Å². The summed E-state index contributed by atoms with van der Waals surface area (Å²) in [4.78, 5) is 0. The lowest BCUT2D eigenvalue weighted by atomic mass is 9.98. The molecular formula is C13H27N. The number of hydrogen-bond acceptors (Lipinski definition) is 1. The summed E-state index contributed by atoms with van der Waals surface area (Å²) in [6.07, 6.45) is 7.06. The number of rotatable bonds is 6. The Kier molecular flexibility index (Phi) is 5.54. The maximum absolute atomic E-state index is 3.64. The van der Waals surface area contributed by atoms with E-state index in [1.807, 2.05) is 0 Å². The Morgan fingerprint density at radius 1 is 1.36 bits per heavy atom. The molecule has 0 radical (unpaired) electrons. The molecule has 0 bridgehead atoms. The molecule has 0 aliphatic heterocycles. The molecule has 1 heteroatoms. The Balaban J connectivity index is 2.03.